The van der Waals surface area contributed by atoms with Crippen LogP contribution in [0.2, 0.25) is 0 Å². The number of hydrogen-bond donors (Lipinski definition) is 6. The molecule has 0 aromatic carbocycles. The zero-order chi connectivity index (χ0) is 66.4. The normalized spacial score (nSPS) is 18.3. The fourth-order valence-corrected chi connectivity index (χ4v) is 12.1. The van der Waals surface area contributed by atoms with Crippen molar-refractivity contribution >= 4 is 5.91 Å². The van der Waals surface area contributed by atoms with Crippen molar-refractivity contribution in [3.63, 3.8) is 0 Å². The number of unbranched alkanes of at least 4 members (excludes halogenated alkanes) is 42. The van der Waals surface area contributed by atoms with Crippen LogP contribution in [0, 0.1) is 0 Å². The van der Waals surface area contributed by atoms with E-state index in [2.05, 4.69) is 116 Å². The van der Waals surface area contributed by atoms with Gasteiger partial charge in [0, 0.05) is 6.42 Å². The lowest BCUT2D eigenvalue weighted by molar-refractivity contribution is -0.302. The summed E-state index contributed by atoms with van der Waals surface area (Å²) in [6, 6.07) is -0.813. The Bertz CT molecular complexity index is 1830. The van der Waals surface area contributed by atoms with E-state index < -0.39 is 49.5 Å². The first-order chi connectivity index (χ1) is 45.3. The molecule has 1 amide bonds. The predicted octanol–water partition coefficient (Wildman–Crippen LogP) is 22.4. The number of carbonyl (C=O) groups is 1. The highest BCUT2D eigenvalue weighted by Gasteiger charge is 2.44. The summed E-state index contributed by atoms with van der Waals surface area (Å²) >= 11 is 0. The van der Waals surface area contributed by atoms with Gasteiger partial charge >= 0.3 is 0 Å². The maximum atomic E-state index is 13.2. The van der Waals surface area contributed by atoms with Crippen LogP contribution >= 0.6 is 0 Å². The topological polar surface area (TPSA) is 149 Å². The quantitative estimate of drug-likeness (QED) is 0.0261. The average Bonchev–Trinajstić information content (AvgIpc) is 1.45. The summed E-state index contributed by atoms with van der Waals surface area (Å²) < 4.78 is 11.3. The Morgan fingerprint density at radius 2 is 0.674 bits per heavy atom. The van der Waals surface area contributed by atoms with Crippen LogP contribution in [0.1, 0.15) is 354 Å². The molecule has 9 heteroatoms. The van der Waals surface area contributed by atoms with Gasteiger partial charge in [0.25, 0.3) is 0 Å². The van der Waals surface area contributed by atoms with Gasteiger partial charge < -0.3 is 40.3 Å². The van der Waals surface area contributed by atoms with E-state index in [1.54, 1.807) is 6.08 Å². The van der Waals surface area contributed by atoms with Crippen LogP contribution in [0.25, 0.3) is 0 Å². The fourth-order valence-electron chi connectivity index (χ4n) is 12.1. The number of aliphatic hydroxyl groups is 5. The molecule has 92 heavy (non-hydrogen) atoms. The lowest BCUT2D eigenvalue weighted by atomic mass is 9.99. The van der Waals surface area contributed by atoms with E-state index in [-0.39, 0.29) is 12.5 Å². The summed E-state index contributed by atoms with van der Waals surface area (Å²) in [5.74, 6) is -0.176. The SMILES string of the molecule is CC/C=C\C/C=C\C/C=C\C/C=C\C/C=C\C/C=C\C/C=C\C/C=C\CCCCCCCCCCCCCCCCC(=O)NC(COC1OC(CO)C(O)C(O)C1O)C(O)/C=C/CCCCCCCCCCCCCCCCCCCCCCCCCCCCCC. The standard InChI is InChI=1S/C83H147NO8/c1-3-5-7-9-11-13-15-17-19-21-23-25-27-29-31-33-35-36-37-38-39-40-41-42-43-45-47-49-51-53-55-57-59-61-63-65-67-69-71-73-79(87)84-76(75-91-83-82(90)81(89)80(88)78(74-85)92-83)77(86)72-70-68-66-64-62-60-58-56-54-52-50-48-46-44-34-32-30-28-26-24-22-20-18-16-14-12-10-8-6-4-2/h5,7,11,13,17,19,23,25,29,31,35-36,38-39,41-42,70,72,76-78,80-83,85-86,88-90H,3-4,6,8-10,12,14-16,18,20-22,24,26-28,30,32-34,37,40,43-69,71,73-75H2,1-2H3,(H,84,87)/b7-5-,13-11-,19-17-,25-23-,31-29-,36-35-,39-38-,42-41-,72-70+. The fraction of sp³-hybridized carbons (Fsp3) is 0.771. The molecule has 0 spiro atoms. The molecule has 0 bridgehead atoms. The first kappa shape index (κ1) is 86.9. The van der Waals surface area contributed by atoms with E-state index in [9.17, 15) is 30.3 Å². The second-order valence-corrected chi connectivity index (χ2v) is 26.8. The summed E-state index contributed by atoms with van der Waals surface area (Å²) in [4.78, 5) is 13.2. The molecule has 1 fully saturated rings. The van der Waals surface area contributed by atoms with Crippen LogP contribution in [0.4, 0.5) is 0 Å². The molecule has 1 saturated heterocycles. The van der Waals surface area contributed by atoms with E-state index in [0.717, 1.165) is 89.9 Å². The Morgan fingerprint density at radius 3 is 1.00 bits per heavy atom. The third-order valence-corrected chi connectivity index (χ3v) is 18.1. The number of aliphatic hydroxyl groups excluding tert-OH is 5. The molecule has 7 unspecified atom stereocenters. The first-order valence-electron chi connectivity index (χ1n) is 39.1. The van der Waals surface area contributed by atoms with Gasteiger partial charge in [0.1, 0.15) is 24.4 Å². The van der Waals surface area contributed by atoms with Gasteiger partial charge in [0.05, 0.1) is 25.4 Å². The van der Waals surface area contributed by atoms with Crippen LogP contribution in [0.3, 0.4) is 0 Å². The van der Waals surface area contributed by atoms with Crippen molar-refractivity contribution in [1.82, 2.24) is 5.32 Å². The molecular weight excluding hydrogens is 1140 g/mol. The minimum atomic E-state index is -1.57. The number of carbonyl (C=O) groups excluding carboxylic acids is 1. The Balaban J connectivity index is 2.10. The van der Waals surface area contributed by atoms with Crippen LogP contribution < -0.4 is 5.32 Å². The van der Waals surface area contributed by atoms with Gasteiger partial charge in [-0.2, -0.15) is 0 Å². The number of allylic oxidation sites excluding steroid dienone is 17. The maximum Gasteiger partial charge on any atom is 0.220 e. The van der Waals surface area contributed by atoms with E-state index in [4.69, 9.17) is 9.47 Å². The third-order valence-electron chi connectivity index (χ3n) is 18.1. The number of amides is 1. The third kappa shape index (κ3) is 58.2. The van der Waals surface area contributed by atoms with E-state index in [1.807, 2.05) is 6.08 Å². The van der Waals surface area contributed by atoms with Crippen LogP contribution in [0.15, 0.2) is 109 Å². The number of ether oxygens (including phenoxy) is 2. The Kier molecular flexibility index (Phi) is 66.7. The summed E-state index contributed by atoms with van der Waals surface area (Å²) in [6.45, 7) is 3.70. The molecule has 532 valence electrons. The summed E-state index contributed by atoms with van der Waals surface area (Å²) in [5, 5.41) is 54.9. The summed E-state index contributed by atoms with van der Waals surface area (Å²) in [5.41, 5.74) is 0. The maximum absolute atomic E-state index is 13.2. The Morgan fingerprint density at radius 1 is 0.380 bits per heavy atom. The van der Waals surface area contributed by atoms with Crippen molar-refractivity contribution in [2.45, 2.75) is 397 Å². The van der Waals surface area contributed by atoms with Gasteiger partial charge in [-0.3, -0.25) is 4.79 Å². The first-order valence-corrected chi connectivity index (χ1v) is 39.1. The van der Waals surface area contributed by atoms with Gasteiger partial charge in [-0.05, 0) is 83.5 Å². The number of nitrogens with one attached hydrogen (secondary N) is 1. The second-order valence-electron chi connectivity index (χ2n) is 26.8. The monoisotopic (exact) mass is 1290 g/mol. The van der Waals surface area contributed by atoms with Crippen LogP contribution in [-0.4, -0.2) is 87.5 Å². The van der Waals surface area contributed by atoms with Crippen molar-refractivity contribution in [2.24, 2.45) is 0 Å². The highest BCUT2D eigenvalue weighted by atomic mass is 16.7. The molecule has 9 nitrogen and oxygen atoms in total. The zero-order valence-corrected chi connectivity index (χ0v) is 59.8. The number of rotatable bonds is 68. The van der Waals surface area contributed by atoms with Crippen molar-refractivity contribution in [3.05, 3.63) is 109 Å². The largest absolute Gasteiger partial charge is 0.394 e. The molecule has 1 aliphatic heterocycles. The minimum Gasteiger partial charge on any atom is -0.394 e. The van der Waals surface area contributed by atoms with Crippen molar-refractivity contribution in [2.75, 3.05) is 13.2 Å². The smallest absolute Gasteiger partial charge is 0.220 e. The Labute approximate surface area is 567 Å². The molecule has 1 heterocycles. The summed E-state index contributed by atoms with van der Waals surface area (Å²) in [6.07, 6.45) is 97.9. The molecule has 6 N–H and O–H groups in total. The molecule has 7 atom stereocenters. The molecule has 0 radical (unpaired) electrons. The number of hydrogen-bond acceptors (Lipinski definition) is 8. The molecule has 0 saturated carbocycles. The lowest BCUT2D eigenvalue weighted by Crippen LogP contribution is -2.60. The van der Waals surface area contributed by atoms with Gasteiger partial charge in [-0.25, -0.2) is 0 Å². The van der Waals surface area contributed by atoms with E-state index in [0.29, 0.717) is 6.42 Å². The Hall–Kier alpha value is -3.15. The highest BCUT2D eigenvalue weighted by molar-refractivity contribution is 5.76. The van der Waals surface area contributed by atoms with Crippen molar-refractivity contribution in [3.8, 4) is 0 Å². The second kappa shape index (κ2) is 70.6. The lowest BCUT2D eigenvalue weighted by Gasteiger charge is -2.40. The molecule has 0 aromatic rings. The molecule has 1 rings (SSSR count). The molecular formula is C83H147NO8. The van der Waals surface area contributed by atoms with Crippen molar-refractivity contribution < 1.29 is 39.8 Å². The van der Waals surface area contributed by atoms with Crippen LogP contribution in [-0.2, 0) is 14.3 Å². The average molecular weight is 1290 g/mol. The van der Waals surface area contributed by atoms with E-state index >= 15 is 0 Å². The van der Waals surface area contributed by atoms with Crippen molar-refractivity contribution in [1.29, 1.82) is 0 Å². The van der Waals surface area contributed by atoms with Crippen LogP contribution in [0.5, 0.6) is 0 Å². The minimum absolute atomic E-state index is 0.176. The highest BCUT2D eigenvalue weighted by Crippen LogP contribution is 2.24. The molecule has 0 aliphatic carbocycles. The van der Waals surface area contributed by atoms with E-state index in [1.165, 1.54) is 244 Å². The summed E-state index contributed by atoms with van der Waals surface area (Å²) in [7, 11) is 0. The van der Waals surface area contributed by atoms with Gasteiger partial charge in [-0.1, -0.05) is 374 Å². The van der Waals surface area contributed by atoms with Gasteiger partial charge in [0.2, 0.25) is 5.91 Å². The molecule has 1 aliphatic rings. The molecule has 0 aromatic heterocycles. The zero-order valence-electron chi connectivity index (χ0n) is 59.8. The van der Waals surface area contributed by atoms with Gasteiger partial charge in [0.15, 0.2) is 6.29 Å². The predicted molar refractivity (Wildman–Crippen MR) is 396 cm³/mol. The van der Waals surface area contributed by atoms with Gasteiger partial charge in [-0.15, -0.1) is 0 Å².